The Bertz CT molecular complexity index is 492. The van der Waals surface area contributed by atoms with Crippen LogP contribution in [0.15, 0.2) is 23.3 Å². The molecule has 0 aromatic rings. The molecule has 2 nitrogen and oxygen atoms in total. The van der Waals surface area contributed by atoms with Gasteiger partial charge < -0.3 is 10.2 Å². The Kier molecular flexibility index (Phi) is 4.28. The van der Waals surface area contributed by atoms with Gasteiger partial charge >= 0.3 is 0 Å². The quantitative estimate of drug-likeness (QED) is 0.658. The Balaban J connectivity index is 2.04. The van der Waals surface area contributed by atoms with Gasteiger partial charge in [0.05, 0.1) is 12.2 Å². The molecule has 1 saturated carbocycles. The van der Waals surface area contributed by atoms with Crippen molar-refractivity contribution in [1.82, 2.24) is 0 Å². The molecule has 0 saturated heterocycles. The molecule has 6 atom stereocenters. The van der Waals surface area contributed by atoms with Gasteiger partial charge in [0.25, 0.3) is 0 Å². The molecule has 3 aliphatic rings. The Labute approximate surface area is 135 Å². The first kappa shape index (κ1) is 16.3. The molecule has 1 fully saturated rings. The van der Waals surface area contributed by atoms with Gasteiger partial charge in [-0.3, -0.25) is 0 Å². The van der Waals surface area contributed by atoms with Crippen molar-refractivity contribution in [2.75, 3.05) is 0 Å². The average Bonchev–Trinajstić information content (AvgIpc) is 2.74. The highest BCUT2D eigenvalue weighted by Gasteiger charge is 2.58. The van der Waals surface area contributed by atoms with E-state index < -0.39 is 12.2 Å². The summed E-state index contributed by atoms with van der Waals surface area (Å²) in [5.74, 6) is 1.38. The molecule has 2 bridgehead atoms. The highest BCUT2D eigenvalue weighted by molar-refractivity contribution is 5.32. The first-order valence-electron chi connectivity index (χ1n) is 9.08. The summed E-state index contributed by atoms with van der Waals surface area (Å²) in [6.45, 7) is 11.1. The lowest BCUT2D eigenvalue weighted by atomic mass is 9.61. The minimum Gasteiger partial charge on any atom is -0.392 e. The lowest BCUT2D eigenvalue weighted by Gasteiger charge is -2.46. The molecular weight excluding hydrogens is 272 g/mol. The molecule has 0 radical (unpaired) electrons. The second kappa shape index (κ2) is 5.79. The van der Waals surface area contributed by atoms with E-state index >= 15 is 0 Å². The van der Waals surface area contributed by atoms with E-state index in [-0.39, 0.29) is 11.3 Å². The predicted molar refractivity (Wildman–Crippen MR) is 90.4 cm³/mol. The molecule has 0 aromatic heterocycles. The van der Waals surface area contributed by atoms with Crippen molar-refractivity contribution in [3.8, 4) is 0 Å². The van der Waals surface area contributed by atoms with Crippen molar-refractivity contribution in [3.63, 3.8) is 0 Å². The molecule has 0 heterocycles. The topological polar surface area (TPSA) is 40.5 Å². The predicted octanol–water partition coefficient (Wildman–Crippen LogP) is 4.23. The van der Waals surface area contributed by atoms with E-state index in [1.54, 1.807) is 0 Å². The summed E-state index contributed by atoms with van der Waals surface area (Å²) in [7, 11) is 0. The SMILES string of the molecule is C=C1CCCC(C)CCC2=C(C)C3C1CC(O)C3(C)C(O)C2. The Morgan fingerprint density at radius 3 is 2.59 bits per heavy atom. The zero-order valence-electron chi connectivity index (χ0n) is 14.4. The second-order valence-electron chi connectivity index (χ2n) is 8.40. The summed E-state index contributed by atoms with van der Waals surface area (Å²) in [6, 6.07) is 0. The minimum absolute atomic E-state index is 0.280. The van der Waals surface area contributed by atoms with Crippen molar-refractivity contribution in [1.29, 1.82) is 0 Å². The van der Waals surface area contributed by atoms with Crippen LogP contribution >= 0.6 is 0 Å². The van der Waals surface area contributed by atoms with E-state index in [9.17, 15) is 10.2 Å². The third kappa shape index (κ3) is 2.39. The summed E-state index contributed by atoms with van der Waals surface area (Å²) >= 11 is 0. The maximum absolute atomic E-state index is 10.8. The van der Waals surface area contributed by atoms with Gasteiger partial charge in [-0.15, -0.1) is 0 Å². The number of hydrogen-bond donors (Lipinski definition) is 2. The van der Waals surface area contributed by atoms with Gasteiger partial charge in [-0.2, -0.15) is 0 Å². The lowest BCUT2D eigenvalue weighted by Crippen LogP contribution is -2.47. The summed E-state index contributed by atoms with van der Waals surface area (Å²) in [6.07, 6.45) is 6.60. The third-order valence-corrected chi connectivity index (χ3v) is 7.11. The summed E-state index contributed by atoms with van der Waals surface area (Å²) in [5, 5.41) is 21.5. The normalized spacial score (nSPS) is 46.6. The van der Waals surface area contributed by atoms with Crippen molar-refractivity contribution >= 4 is 0 Å². The highest BCUT2D eigenvalue weighted by Crippen LogP contribution is 2.59. The number of allylic oxidation sites excluding steroid dienone is 2. The van der Waals surface area contributed by atoms with E-state index in [1.807, 2.05) is 0 Å². The molecule has 0 amide bonds. The van der Waals surface area contributed by atoms with Crippen LogP contribution in [0.4, 0.5) is 0 Å². The molecule has 0 aliphatic heterocycles. The van der Waals surface area contributed by atoms with Gasteiger partial charge in [-0.1, -0.05) is 43.6 Å². The monoisotopic (exact) mass is 304 g/mol. The zero-order valence-corrected chi connectivity index (χ0v) is 14.4. The number of aliphatic hydroxyl groups excluding tert-OH is 2. The van der Waals surface area contributed by atoms with Crippen LogP contribution in [-0.2, 0) is 0 Å². The fraction of sp³-hybridized carbons (Fsp3) is 0.800. The molecule has 22 heavy (non-hydrogen) atoms. The maximum Gasteiger partial charge on any atom is 0.0661 e. The van der Waals surface area contributed by atoms with Crippen LogP contribution in [0, 0.1) is 23.2 Å². The highest BCUT2D eigenvalue weighted by atomic mass is 16.3. The second-order valence-corrected chi connectivity index (χ2v) is 8.40. The molecule has 6 unspecified atom stereocenters. The van der Waals surface area contributed by atoms with Crippen LogP contribution in [0.5, 0.6) is 0 Å². The fourth-order valence-electron chi connectivity index (χ4n) is 5.43. The molecule has 2 N–H and O–H groups in total. The molecule has 124 valence electrons. The van der Waals surface area contributed by atoms with Crippen LogP contribution < -0.4 is 0 Å². The first-order valence-corrected chi connectivity index (χ1v) is 9.08. The van der Waals surface area contributed by atoms with E-state index in [4.69, 9.17) is 0 Å². The van der Waals surface area contributed by atoms with Gasteiger partial charge in [0, 0.05) is 5.41 Å². The summed E-state index contributed by atoms with van der Waals surface area (Å²) < 4.78 is 0. The molecule has 0 spiro atoms. The number of hydrogen-bond acceptors (Lipinski definition) is 2. The molecule has 0 aromatic carbocycles. The molecule has 3 rings (SSSR count). The van der Waals surface area contributed by atoms with Crippen molar-refractivity contribution in [2.24, 2.45) is 23.2 Å². The fourth-order valence-corrected chi connectivity index (χ4v) is 5.43. The number of rotatable bonds is 0. The van der Waals surface area contributed by atoms with Crippen molar-refractivity contribution in [2.45, 2.75) is 77.9 Å². The van der Waals surface area contributed by atoms with Crippen LogP contribution in [0.25, 0.3) is 0 Å². The Hall–Kier alpha value is -0.600. The van der Waals surface area contributed by atoms with Gasteiger partial charge in [-0.05, 0) is 63.2 Å². The van der Waals surface area contributed by atoms with Crippen molar-refractivity contribution < 1.29 is 10.2 Å². The summed E-state index contributed by atoms with van der Waals surface area (Å²) in [5.41, 5.74) is 3.82. The average molecular weight is 304 g/mol. The van der Waals surface area contributed by atoms with Crippen LogP contribution in [0.3, 0.4) is 0 Å². The van der Waals surface area contributed by atoms with Gasteiger partial charge in [-0.25, -0.2) is 0 Å². The van der Waals surface area contributed by atoms with Gasteiger partial charge in [0.15, 0.2) is 0 Å². The minimum atomic E-state index is -0.417. The van der Waals surface area contributed by atoms with Crippen molar-refractivity contribution in [3.05, 3.63) is 23.3 Å². The zero-order chi connectivity index (χ0) is 16.1. The van der Waals surface area contributed by atoms with E-state index in [2.05, 4.69) is 27.4 Å². The first-order chi connectivity index (χ1) is 10.4. The van der Waals surface area contributed by atoms with Crippen LogP contribution in [0.1, 0.15) is 65.7 Å². The Morgan fingerprint density at radius 2 is 1.86 bits per heavy atom. The van der Waals surface area contributed by atoms with Crippen LogP contribution in [0.2, 0.25) is 0 Å². The standard InChI is InChI=1S/C20H32O2/c1-12-6-5-7-13(2)16-11-18(22)20(4)17(21)10-15(9-8-12)14(3)19(16)20/h12,16-19,21-22H,2,5-11H2,1,3-4H3. The summed E-state index contributed by atoms with van der Waals surface area (Å²) in [4.78, 5) is 0. The number of aliphatic hydroxyl groups is 2. The smallest absolute Gasteiger partial charge is 0.0661 e. The molecule has 2 heteroatoms. The largest absolute Gasteiger partial charge is 0.392 e. The van der Waals surface area contributed by atoms with E-state index in [1.165, 1.54) is 36.0 Å². The van der Waals surface area contributed by atoms with Gasteiger partial charge in [0.2, 0.25) is 0 Å². The van der Waals surface area contributed by atoms with E-state index in [0.29, 0.717) is 5.92 Å². The lowest BCUT2D eigenvalue weighted by molar-refractivity contribution is -0.0643. The van der Waals surface area contributed by atoms with E-state index in [0.717, 1.165) is 31.6 Å². The molecule has 3 aliphatic carbocycles. The van der Waals surface area contributed by atoms with Crippen LogP contribution in [-0.4, -0.2) is 22.4 Å². The Morgan fingerprint density at radius 1 is 1.14 bits per heavy atom. The van der Waals surface area contributed by atoms with Gasteiger partial charge in [0.1, 0.15) is 0 Å². The third-order valence-electron chi connectivity index (χ3n) is 7.11. The molecular formula is C20H32O2. The maximum atomic E-state index is 10.8.